The molecule has 0 spiro atoms. The molecule has 3 aromatic heterocycles. The number of aryl methyl sites for hydroxylation is 1. The van der Waals surface area contributed by atoms with Crippen LogP contribution in [0.5, 0.6) is 0 Å². The zero-order chi connectivity index (χ0) is 18.4. The van der Waals surface area contributed by atoms with Gasteiger partial charge in [0.2, 0.25) is 0 Å². The Bertz CT molecular complexity index is 1110. The molecule has 134 valence electrons. The number of amides is 1. The van der Waals surface area contributed by atoms with E-state index in [4.69, 9.17) is 0 Å². The summed E-state index contributed by atoms with van der Waals surface area (Å²) in [6.45, 7) is 0.552. The Kier molecular flexibility index (Phi) is 3.99. The Balaban J connectivity index is 1.77. The van der Waals surface area contributed by atoms with Gasteiger partial charge in [0.1, 0.15) is 11.3 Å². The quantitative estimate of drug-likeness (QED) is 0.697. The van der Waals surface area contributed by atoms with E-state index in [-0.39, 0.29) is 23.3 Å². The molecule has 0 saturated heterocycles. The van der Waals surface area contributed by atoms with E-state index >= 15 is 0 Å². The van der Waals surface area contributed by atoms with Gasteiger partial charge in [0.05, 0.1) is 11.9 Å². The second-order valence-corrected chi connectivity index (χ2v) is 7.55. The fraction of sp³-hybridized carbons (Fsp3) is 0.333. The van der Waals surface area contributed by atoms with E-state index < -0.39 is 11.2 Å². The maximum Gasteiger partial charge on any atom is 0.332 e. The van der Waals surface area contributed by atoms with Crippen molar-refractivity contribution in [3.05, 3.63) is 61.1 Å². The van der Waals surface area contributed by atoms with Crippen molar-refractivity contribution in [1.29, 1.82) is 0 Å². The van der Waals surface area contributed by atoms with E-state index in [0.29, 0.717) is 11.9 Å². The molecule has 4 rings (SSSR count). The highest BCUT2D eigenvalue weighted by Crippen LogP contribution is 2.30. The number of aromatic nitrogens is 3. The van der Waals surface area contributed by atoms with E-state index in [2.05, 4.69) is 4.98 Å². The summed E-state index contributed by atoms with van der Waals surface area (Å²) in [7, 11) is 2.98. The van der Waals surface area contributed by atoms with Crippen LogP contribution in [0.1, 0.15) is 28.2 Å². The van der Waals surface area contributed by atoms with E-state index in [1.165, 1.54) is 11.6 Å². The molecule has 1 fully saturated rings. The molecule has 0 bridgehead atoms. The van der Waals surface area contributed by atoms with Crippen LogP contribution in [-0.2, 0) is 20.6 Å². The molecule has 3 heterocycles. The summed E-state index contributed by atoms with van der Waals surface area (Å²) in [5.74, 6) is -0.170. The molecule has 7 nitrogen and oxygen atoms in total. The molecule has 1 amide bonds. The van der Waals surface area contributed by atoms with Crippen LogP contribution < -0.4 is 11.2 Å². The number of pyridine rings is 1. The molecule has 0 aliphatic heterocycles. The summed E-state index contributed by atoms with van der Waals surface area (Å²) in [5.41, 5.74) is -0.385. The lowest BCUT2D eigenvalue weighted by Gasteiger charge is -2.21. The Morgan fingerprint density at radius 2 is 2.00 bits per heavy atom. The molecule has 26 heavy (non-hydrogen) atoms. The summed E-state index contributed by atoms with van der Waals surface area (Å²) in [6.07, 6.45) is 1.98. The average molecular weight is 370 g/mol. The summed E-state index contributed by atoms with van der Waals surface area (Å²) in [4.78, 5) is 44.8. The predicted octanol–water partition coefficient (Wildman–Crippen LogP) is 1.50. The van der Waals surface area contributed by atoms with Gasteiger partial charge in [-0.1, -0.05) is 6.07 Å². The fourth-order valence-corrected chi connectivity index (χ4v) is 3.75. The number of carbonyl (C=O) groups excluding carboxylic acids is 1. The van der Waals surface area contributed by atoms with Gasteiger partial charge in [-0.25, -0.2) is 9.78 Å². The summed E-state index contributed by atoms with van der Waals surface area (Å²) in [5, 5.41) is 2.31. The van der Waals surface area contributed by atoms with Crippen LogP contribution in [0.3, 0.4) is 0 Å². The van der Waals surface area contributed by atoms with Gasteiger partial charge in [0.15, 0.2) is 0 Å². The third-order valence-corrected chi connectivity index (χ3v) is 5.54. The number of hydrogen-bond donors (Lipinski definition) is 0. The van der Waals surface area contributed by atoms with Gasteiger partial charge in [-0.05, 0) is 36.4 Å². The summed E-state index contributed by atoms with van der Waals surface area (Å²) in [6, 6.07) is 7.35. The minimum atomic E-state index is -0.461. The van der Waals surface area contributed by atoms with E-state index in [1.807, 2.05) is 22.4 Å². The van der Waals surface area contributed by atoms with Crippen molar-refractivity contribution >= 4 is 28.3 Å². The highest BCUT2D eigenvalue weighted by molar-refractivity contribution is 7.09. The van der Waals surface area contributed by atoms with Gasteiger partial charge in [0.25, 0.3) is 11.5 Å². The third kappa shape index (κ3) is 2.76. The fourth-order valence-electron chi connectivity index (χ4n) is 3.04. The summed E-state index contributed by atoms with van der Waals surface area (Å²) < 4.78 is 2.34. The second kappa shape index (κ2) is 6.21. The molecular formula is C18H18N4O3S. The maximum atomic E-state index is 13.0. The first-order valence-electron chi connectivity index (χ1n) is 8.37. The lowest BCUT2D eigenvalue weighted by atomic mass is 10.2. The molecular weight excluding hydrogens is 352 g/mol. The zero-order valence-corrected chi connectivity index (χ0v) is 15.3. The molecule has 1 aliphatic rings. The van der Waals surface area contributed by atoms with Crippen molar-refractivity contribution in [2.45, 2.75) is 25.4 Å². The number of rotatable bonds is 4. The number of carbonyl (C=O) groups is 1. The van der Waals surface area contributed by atoms with E-state index in [9.17, 15) is 14.4 Å². The lowest BCUT2D eigenvalue weighted by Crippen LogP contribution is -2.38. The number of hydrogen-bond acceptors (Lipinski definition) is 5. The van der Waals surface area contributed by atoms with Gasteiger partial charge < -0.3 is 4.90 Å². The van der Waals surface area contributed by atoms with Crippen LogP contribution in [0.4, 0.5) is 0 Å². The zero-order valence-electron chi connectivity index (χ0n) is 14.5. The molecule has 0 aromatic carbocycles. The van der Waals surface area contributed by atoms with Crippen LogP contribution in [0.25, 0.3) is 11.0 Å². The Morgan fingerprint density at radius 1 is 1.23 bits per heavy atom. The molecule has 3 aromatic rings. The minimum Gasteiger partial charge on any atom is -0.329 e. The summed E-state index contributed by atoms with van der Waals surface area (Å²) >= 11 is 1.62. The third-order valence-electron chi connectivity index (χ3n) is 4.68. The number of fused-ring (bicyclic) bond motifs is 1. The Labute approximate surface area is 153 Å². The van der Waals surface area contributed by atoms with Gasteiger partial charge in [-0.15, -0.1) is 11.3 Å². The molecule has 0 atom stereocenters. The van der Waals surface area contributed by atoms with Crippen molar-refractivity contribution in [1.82, 2.24) is 19.0 Å². The van der Waals surface area contributed by atoms with Crippen molar-refractivity contribution in [2.75, 3.05) is 0 Å². The SMILES string of the molecule is Cn1c(=O)c2ccc(C(=O)N(Cc3cccs3)C3CC3)nc2n(C)c1=O. The topological polar surface area (TPSA) is 77.2 Å². The van der Waals surface area contributed by atoms with Crippen molar-refractivity contribution < 1.29 is 4.79 Å². The van der Waals surface area contributed by atoms with Gasteiger partial charge in [-0.2, -0.15) is 0 Å². The molecule has 8 heteroatoms. The monoisotopic (exact) mass is 370 g/mol. The minimum absolute atomic E-state index is 0.170. The van der Waals surface area contributed by atoms with Crippen LogP contribution >= 0.6 is 11.3 Å². The average Bonchev–Trinajstić information content (AvgIpc) is 3.37. The molecule has 1 saturated carbocycles. The van der Waals surface area contributed by atoms with Crippen molar-refractivity contribution in [2.24, 2.45) is 14.1 Å². The van der Waals surface area contributed by atoms with Crippen LogP contribution in [0.2, 0.25) is 0 Å². The smallest absolute Gasteiger partial charge is 0.329 e. The first kappa shape index (κ1) is 16.7. The van der Waals surface area contributed by atoms with Crippen LogP contribution in [0.15, 0.2) is 39.2 Å². The largest absolute Gasteiger partial charge is 0.332 e. The first-order valence-corrected chi connectivity index (χ1v) is 9.25. The molecule has 0 N–H and O–H groups in total. The normalized spacial score (nSPS) is 13.9. The lowest BCUT2D eigenvalue weighted by molar-refractivity contribution is 0.0726. The van der Waals surface area contributed by atoms with Crippen LogP contribution in [0, 0.1) is 0 Å². The van der Waals surface area contributed by atoms with Gasteiger partial charge in [0, 0.05) is 25.0 Å². The first-order chi connectivity index (χ1) is 12.5. The standard InChI is InChI=1S/C18H18N4O3S/c1-20-15-13(16(23)21(2)18(20)25)7-8-14(19-15)17(24)22(11-5-6-11)10-12-4-3-9-26-12/h3-4,7-9,11H,5-6,10H2,1-2H3. The van der Waals surface area contributed by atoms with E-state index in [1.54, 1.807) is 30.5 Å². The van der Waals surface area contributed by atoms with Gasteiger partial charge >= 0.3 is 5.69 Å². The Hall–Kier alpha value is -2.74. The highest BCUT2D eigenvalue weighted by atomic mass is 32.1. The van der Waals surface area contributed by atoms with Crippen molar-refractivity contribution in [3.8, 4) is 0 Å². The van der Waals surface area contributed by atoms with Crippen LogP contribution in [-0.4, -0.2) is 31.0 Å². The second-order valence-electron chi connectivity index (χ2n) is 6.52. The highest BCUT2D eigenvalue weighted by Gasteiger charge is 2.34. The number of nitrogens with zero attached hydrogens (tertiary/aromatic N) is 4. The molecule has 0 radical (unpaired) electrons. The molecule has 0 unspecified atom stereocenters. The van der Waals surface area contributed by atoms with E-state index in [0.717, 1.165) is 22.3 Å². The number of thiophene rings is 1. The van der Waals surface area contributed by atoms with Gasteiger partial charge in [-0.3, -0.25) is 18.7 Å². The molecule has 1 aliphatic carbocycles. The van der Waals surface area contributed by atoms with Crippen molar-refractivity contribution in [3.63, 3.8) is 0 Å². The Morgan fingerprint density at radius 3 is 2.65 bits per heavy atom. The predicted molar refractivity (Wildman–Crippen MR) is 99.4 cm³/mol. The maximum absolute atomic E-state index is 13.0.